The summed E-state index contributed by atoms with van der Waals surface area (Å²) in [4.78, 5) is 2.69. The van der Waals surface area contributed by atoms with Gasteiger partial charge in [-0.25, -0.2) is 0 Å². The van der Waals surface area contributed by atoms with Gasteiger partial charge in [-0.1, -0.05) is 6.92 Å². The molecule has 0 amide bonds. The average molecular weight is 214 g/mol. The van der Waals surface area contributed by atoms with Gasteiger partial charge in [0.1, 0.15) is 0 Å². The Morgan fingerprint density at radius 1 is 1.43 bits per heavy atom. The van der Waals surface area contributed by atoms with Crippen LogP contribution in [0.1, 0.15) is 32.6 Å². The molecular weight excluding hydrogens is 192 g/mol. The Morgan fingerprint density at radius 2 is 2.29 bits per heavy atom. The maximum Gasteiger partial charge on any atom is 0.0172 e. The van der Waals surface area contributed by atoms with Crippen molar-refractivity contribution in [2.24, 2.45) is 5.73 Å². The molecule has 0 aromatic carbocycles. The van der Waals surface area contributed by atoms with Crippen LogP contribution in [-0.2, 0) is 0 Å². The molecule has 1 aliphatic carbocycles. The first kappa shape index (κ1) is 10.8. The Hall–Kier alpha value is 0.270. The van der Waals surface area contributed by atoms with E-state index in [1.165, 1.54) is 44.5 Å². The molecule has 2 rings (SSSR count). The summed E-state index contributed by atoms with van der Waals surface area (Å²) in [6.07, 6.45) is 5.13. The summed E-state index contributed by atoms with van der Waals surface area (Å²) in [6, 6.07) is 1.29. The molecule has 1 saturated heterocycles. The van der Waals surface area contributed by atoms with Gasteiger partial charge >= 0.3 is 0 Å². The number of hydrogen-bond acceptors (Lipinski definition) is 3. The van der Waals surface area contributed by atoms with Crippen molar-refractivity contribution >= 4 is 11.8 Å². The predicted octanol–water partition coefficient (Wildman–Crippen LogP) is 1.69. The third kappa shape index (κ3) is 2.44. The highest BCUT2D eigenvalue weighted by atomic mass is 32.2. The molecule has 0 radical (unpaired) electrons. The van der Waals surface area contributed by atoms with Crippen molar-refractivity contribution in [1.82, 2.24) is 4.90 Å². The van der Waals surface area contributed by atoms with Gasteiger partial charge in [-0.15, -0.1) is 0 Å². The van der Waals surface area contributed by atoms with Crippen LogP contribution in [0.5, 0.6) is 0 Å². The van der Waals surface area contributed by atoms with Gasteiger partial charge in [0.25, 0.3) is 0 Å². The lowest BCUT2D eigenvalue weighted by atomic mass is 10.2. The molecule has 1 heterocycles. The standard InChI is InChI=1S/C11H22N2S/c1-2-11-8-13(5-6-14-11)10-4-3-9(12)7-10/h9-11H,2-8,12H2,1H3. The fraction of sp³-hybridized carbons (Fsp3) is 1.00. The molecule has 3 atom stereocenters. The van der Waals surface area contributed by atoms with Gasteiger partial charge in [-0.05, 0) is 25.7 Å². The lowest BCUT2D eigenvalue weighted by Crippen LogP contribution is -2.43. The number of nitrogens with two attached hydrogens (primary N) is 1. The lowest BCUT2D eigenvalue weighted by molar-refractivity contribution is 0.203. The van der Waals surface area contributed by atoms with Crippen LogP contribution >= 0.6 is 11.8 Å². The second kappa shape index (κ2) is 4.86. The largest absolute Gasteiger partial charge is 0.328 e. The van der Waals surface area contributed by atoms with Crippen LogP contribution in [0.4, 0.5) is 0 Å². The van der Waals surface area contributed by atoms with E-state index in [4.69, 9.17) is 5.73 Å². The number of nitrogens with zero attached hydrogens (tertiary/aromatic N) is 1. The number of thioether (sulfide) groups is 1. The van der Waals surface area contributed by atoms with Crippen LogP contribution in [0.25, 0.3) is 0 Å². The van der Waals surface area contributed by atoms with Crippen molar-refractivity contribution in [3.05, 3.63) is 0 Å². The first-order valence-electron chi connectivity index (χ1n) is 5.90. The first-order chi connectivity index (χ1) is 6.79. The van der Waals surface area contributed by atoms with Crippen LogP contribution < -0.4 is 5.73 Å². The normalized spacial score (nSPS) is 40.3. The zero-order valence-corrected chi connectivity index (χ0v) is 9.93. The summed E-state index contributed by atoms with van der Waals surface area (Å²) in [6.45, 7) is 4.90. The minimum atomic E-state index is 0.481. The molecule has 3 heteroatoms. The van der Waals surface area contributed by atoms with Gasteiger partial charge in [0, 0.05) is 36.2 Å². The van der Waals surface area contributed by atoms with E-state index >= 15 is 0 Å². The second-order valence-electron chi connectivity index (χ2n) is 4.62. The minimum absolute atomic E-state index is 0.481. The van der Waals surface area contributed by atoms with E-state index in [2.05, 4.69) is 23.6 Å². The summed E-state index contributed by atoms with van der Waals surface area (Å²) >= 11 is 2.15. The SMILES string of the molecule is CCC1CN(C2CCC(N)C2)CCS1. The van der Waals surface area contributed by atoms with Crippen molar-refractivity contribution in [2.75, 3.05) is 18.8 Å². The lowest BCUT2D eigenvalue weighted by Gasteiger charge is -2.36. The number of rotatable bonds is 2. The molecule has 2 fully saturated rings. The Balaban J connectivity index is 1.84. The van der Waals surface area contributed by atoms with E-state index in [1.807, 2.05) is 0 Å². The van der Waals surface area contributed by atoms with E-state index < -0.39 is 0 Å². The molecule has 14 heavy (non-hydrogen) atoms. The predicted molar refractivity (Wildman–Crippen MR) is 63.7 cm³/mol. The minimum Gasteiger partial charge on any atom is -0.328 e. The van der Waals surface area contributed by atoms with Crippen LogP contribution in [-0.4, -0.2) is 41.1 Å². The molecule has 2 nitrogen and oxygen atoms in total. The van der Waals surface area contributed by atoms with E-state index in [0.717, 1.165) is 11.3 Å². The van der Waals surface area contributed by atoms with Crippen LogP contribution in [0.2, 0.25) is 0 Å². The van der Waals surface area contributed by atoms with Crippen molar-refractivity contribution in [3.8, 4) is 0 Å². The summed E-state index contributed by atoms with van der Waals surface area (Å²) < 4.78 is 0. The smallest absolute Gasteiger partial charge is 0.0172 e. The summed E-state index contributed by atoms with van der Waals surface area (Å²) in [5, 5.41) is 0.876. The van der Waals surface area contributed by atoms with Gasteiger partial charge in [-0.2, -0.15) is 11.8 Å². The summed E-state index contributed by atoms with van der Waals surface area (Å²) in [5.74, 6) is 1.32. The Morgan fingerprint density at radius 3 is 2.93 bits per heavy atom. The average Bonchev–Trinajstić information content (AvgIpc) is 2.65. The van der Waals surface area contributed by atoms with Crippen LogP contribution in [0.15, 0.2) is 0 Å². The third-order valence-corrected chi connectivity index (χ3v) is 4.96. The maximum atomic E-state index is 5.97. The van der Waals surface area contributed by atoms with Gasteiger partial charge < -0.3 is 5.73 Å². The molecule has 82 valence electrons. The van der Waals surface area contributed by atoms with E-state index in [-0.39, 0.29) is 0 Å². The fourth-order valence-corrected chi connectivity index (χ4v) is 3.85. The molecule has 0 spiro atoms. The maximum absolute atomic E-state index is 5.97. The van der Waals surface area contributed by atoms with Gasteiger partial charge in [0.15, 0.2) is 0 Å². The molecule has 1 saturated carbocycles. The van der Waals surface area contributed by atoms with Crippen LogP contribution in [0, 0.1) is 0 Å². The van der Waals surface area contributed by atoms with Gasteiger partial charge in [0.2, 0.25) is 0 Å². The van der Waals surface area contributed by atoms with Gasteiger partial charge in [-0.3, -0.25) is 4.90 Å². The van der Waals surface area contributed by atoms with Crippen molar-refractivity contribution in [2.45, 2.75) is 49.9 Å². The summed E-state index contributed by atoms with van der Waals surface area (Å²) in [7, 11) is 0. The molecular formula is C11H22N2S. The van der Waals surface area contributed by atoms with Gasteiger partial charge in [0.05, 0.1) is 0 Å². The van der Waals surface area contributed by atoms with E-state index in [0.29, 0.717) is 6.04 Å². The topological polar surface area (TPSA) is 29.3 Å². The zero-order chi connectivity index (χ0) is 9.97. The molecule has 0 aromatic heterocycles. The second-order valence-corrected chi connectivity index (χ2v) is 6.03. The zero-order valence-electron chi connectivity index (χ0n) is 9.11. The fourth-order valence-electron chi connectivity index (χ4n) is 2.64. The molecule has 2 aliphatic rings. The Bertz CT molecular complexity index is 186. The monoisotopic (exact) mass is 214 g/mol. The molecule has 1 aliphatic heterocycles. The first-order valence-corrected chi connectivity index (χ1v) is 6.95. The van der Waals surface area contributed by atoms with Crippen molar-refractivity contribution in [1.29, 1.82) is 0 Å². The quantitative estimate of drug-likeness (QED) is 0.758. The summed E-state index contributed by atoms with van der Waals surface area (Å²) in [5.41, 5.74) is 5.97. The molecule has 3 unspecified atom stereocenters. The third-order valence-electron chi connectivity index (χ3n) is 3.59. The Kier molecular flexibility index (Phi) is 3.74. The highest BCUT2D eigenvalue weighted by Gasteiger charge is 2.30. The molecule has 2 N–H and O–H groups in total. The van der Waals surface area contributed by atoms with E-state index in [1.54, 1.807) is 0 Å². The van der Waals surface area contributed by atoms with Crippen molar-refractivity contribution in [3.63, 3.8) is 0 Å². The van der Waals surface area contributed by atoms with Crippen LogP contribution in [0.3, 0.4) is 0 Å². The van der Waals surface area contributed by atoms with Crippen molar-refractivity contribution < 1.29 is 0 Å². The highest BCUT2D eigenvalue weighted by molar-refractivity contribution is 8.00. The van der Waals surface area contributed by atoms with E-state index in [9.17, 15) is 0 Å². The molecule has 0 aromatic rings. The molecule has 0 bridgehead atoms. The number of hydrogen-bond donors (Lipinski definition) is 1. The highest BCUT2D eigenvalue weighted by Crippen LogP contribution is 2.28. The Labute approximate surface area is 91.6 Å².